The fourth-order valence-electron chi connectivity index (χ4n) is 2.05. The highest BCUT2D eigenvalue weighted by molar-refractivity contribution is 5.93. The van der Waals surface area contributed by atoms with E-state index in [0.29, 0.717) is 5.69 Å². The van der Waals surface area contributed by atoms with Crippen LogP contribution in [0.15, 0.2) is 18.2 Å². The molecule has 0 radical (unpaired) electrons. The van der Waals surface area contributed by atoms with Gasteiger partial charge in [0, 0.05) is 5.39 Å². The number of nitrogens with zero attached hydrogens (tertiary/aromatic N) is 1. The van der Waals surface area contributed by atoms with Gasteiger partial charge in [0.15, 0.2) is 0 Å². The van der Waals surface area contributed by atoms with Crippen molar-refractivity contribution >= 4 is 16.9 Å². The zero-order valence-corrected chi connectivity index (χ0v) is 10.5. The van der Waals surface area contributed by atoms with E-state index in [1.165, 1.54) is 12.7 Å². The molecule has 0 atom stereocenters. The van der Waals surface area contributed by atoms with E-state index in [-0.39, 0.29) is 0 Å². The van der Waals surface area contributed by atoms with Crippen LogP contribution in [0.1, 0.15) is 27.2 Å². The van der Waals surface area contributed by atoms with Gasteiger partial charge in [-0.2, -0.15) is 0 Å². The lowest BCUT2D eigenvalue weighted by molar-refractivity contribution is 0.0594. The molecule has 0 aliphatic carbocycles. The Bertz CT molecular complexity index is 603. The van der Waals surface area contributed by atoms with Gasteiger partial charge in [0.1, 0.15) is 5.69 Å². The summed E-state index contributed by atoms with van der Waals surface area (Å²) in [6.07, 6.45) is 0. The molecule has 3 heteroatoms. The number of aryl methyl sites for hydroxylation is 3. The third kappa shape index (κ3) is 2.00. The predicted molar refractivity (Wildman–Crippen MR) is 67.3 cm³/mol. The number of pyridine rings is 1. The van der Waals surface area contributed by atoms with Gasteiger partial charge in [0.05, 0.1) is 12.6 Å². The fourth-order valence-corrected chi connectivity index (χ4v) is 2.05. The highest BCUT2D eigenvalue weighted by Gasteiger charge is 2.11. The smallest absolute Gasteiger partial charge is 0.356 e. The topological polar surface area (TPSA) is 39.2 Å². The molecule has 0 fully saturated rings. The largest absolute Gasteiger partial charge is 0.464 e. The Labute approximate surface area is 100 Å². The van der Waals surface area contributed by atoms with Crippen LogP contribution in [-0.4, -0.2) is 18.1 Å². The number of aromatic nitrogens is 1. The van der Waals surface area contributed by atoms with Crippen LogP contribution in [0.25, 0.3) is 10.9 Å². The number of carbonyl (C=O) groups excluding carboxylic acids is 1. The summed E-state index contributed by atoms with van der Waals surface area (Å²) in [5.74, 6) is -0.394. The number of methoxy groups -OCH3 is 1. The molecule has 3 nitrogen and oxygen atoms in total. The third-order valence-corrected chi connectivity index (χ3v) is 2.85. The van der Waals surface area contributed by atoms with Crippen molar-refractivity contribution in [3.8, 4) is 0 Å². The summed E-state index contributed by atoms with van der Waals surface area (Å²) >= 11 is 0. The normalized spacial score (nSPS) is 10.6. The van der Waals surface area contributed by atoms with Crippen molar-refractivity contribution in [3.63, 3.8) is 0 Å². The second-order valence-electron chi connectivity index (χ2n) is 4.29. The summed E-state index contributed by atoms with van der Waals surface area (Å²) in [5.41, 5.74) is 4.56. The first-order valence-electron chi connectivity index (χ1n) is 5.50. The number of fused-ring (bicyclic) bond motifs is 1. The molecule has 0 amide bonds. The number of hydrogen-bond donors (Lipinski definition) is 0. The molecule has 2 aromatic rings. The van der Waals surface area contributed by atoms with Gasteiger partial charge < -0.3 is 4.74 Å². The van der Waals surface area contributed by atoms with Crippen molar-refractivity contribution in [1.82, 2.24) is 4.98 Å². The Morgan fingerprint density at radius 1 is 1.12 bits per heavy atom. The van der Waals surface area contributed by atoms with Gasteiger partial charge in [-0.25, -0.2) is 9.78 Å². The first-order valence-corrected chi connectivity index (χ1v) is 5.50. The minimum absolute atomic E-state index is 0.365. The van der Waals surface area contributed by atoms with E-state index in [0.717, 1.165) is 22.0 Å². The molecule has 0 saturated heterocycles. The monoisotopic (exact) mass is 229 g/mol. The fraction of sp³-hybridized carbons (Fsp3) is 0.286. The highest BCUT2D eigenvalue weighted by Crippen LogP contribution is 2.23. The van der Waals surface area contributed by atoms with Gasteiger partial charge in [-0.05, 0) is 44.0 Å². The molecule has 2 rings (SSSR count). The van der Waals surface area contributed by atoms with Crippen LogP contribution >= 0.6 is 0 Å². The van der Waals surface area contributed by atoms with E-state index in [2.05, 4.69) is 24.0 Å². The van der Waals surface area contributed by atoms with Crippen LogP contribution in [0.5, 0.6) is 0 Å². The summed E-state index contributed by atoms with van der Waals surface area (Å²) in [7, 11) is 1.37. The summed E-state index contributed by atoms with van der Waals surface area (Å²) in [5, 5.41) is 1.09. The van der Waals surface area contributed by atoms with E-state index < -0.39 is 5.97 Å². The average Bonchev–Trinajstić information content (AvgIpc) is 2.29. The number of carbonyl (C=O) groups is 1. The molecular formula is C14H15NO2. The zero-order valence-electron chi connectivity index (χ0n) is 10.5. The van der Waals surface area contributed by atoms with Crippen molar-refractivity contribution in [3.05, 3.63) is 40.6 Å². The molecule has 0 N–H and O–H groups in total. The second-order valence-corrected chi connectivity index (χ2v) is 4.29. The number of hydrogen-bond acceptors (Lipinski definition) is 3. The molecule has 0 unspecified atom stereocenters. The Hall–Kier alpha value is -1.90. The van der Waals surface area contributed by atoms with E-state index >= 15 is 0 Å². The molecular weight excluding hydrogens is 214 g/mol. The first-order chi connectivity index (χ1) is 8.02. The van der Waals surface area contributed by atoms with E-state index in [9.17, 15) is 4.79 Å². The second kappa shape index (κ2) is 4.17. The molecule has 0 aliphatic rings. The minimum atomic E-state index is -0.394. The van der Waals surface area contributed by atoms with Gasteiger partial charge in [-0.15, -0.1) is 0 Å². The van der Waals surface area contributed by atoms with Gasteiger partial charge in [-0.3, -0.25) is 0 Å². The van der Waals surface area contributed by atoms with Gasteiger partial charge in [-0.1, -0.05) is 11.6 Å². The summed E-state index contributed by atoms with van der Waals surface area (Å²) in [6, 6.07) is 5.93. The molecule has 88 valence electrons. The Balaban J connectivity index is 2.77. The van der Waals surface area contributed by atoms with Crippen molar-refractivity contribution in [2.75, 3.05) is 7.11 Å². The maximum absolute atomic E-state index is 11.5. The van der Waals surface area contributed by atoms with Crippen LogP contribution in [0, 0.1) is 20.8 Å². The van der Waals surface area contributed by atoms with Crippen molar-refractivity contribution in [1.29, 1.82) is 0 Å². The molecule has 0 spiro atoms. The van der Waals surface area contributed by atoms with Crippen molar-refractivity contribution in [2.24, 2.45) is 0 Å². The number of esters is 1. The quantitative estimate of drug-likeness (QED) is 0.706. The van der Waals surface area contributed by atoms with Crippen molar-refractivity contribution < 1.29 is 9.53 Å². The van der Waals surface area contributed by atoms with Crippen LogP contribution in [0.3, 0.4) is 0 Å². The molecule has 1 aromatic heterocycles. The van der Waals surface area contributed by atoms with Gasteiger partial charge >= 0.3 is 5.97 Å². The number of ether oxygens (including phenoxy) is 1. The summed E-state index contributed by atoms with van der Waals surface area (Å²) in [4.78, 5) is 15.9. The van der Waals surface area contributed by atoms with Crippen LogP contribution < -0.4 is 0 Å². The SMILES string of the molecule is COC(=O)c1cc(C)c2cc(C)cc(C)c2n1. The third-order valence-electron chi connectivity index (χ3n) is 2.85. The van der Waals surface area contributed by atoms with Crippen LogP contribution in [0.2, 0.25) is 0 Å². The molecule has 0 aliphatic heterocycles. The summed E-state index contributed by atoms with van der Waals surface area (Å²) in [6.45, 7) is 6.04. The van der Waals surface area contributed by atoms with Crippen LogP contribution in [-0.2, 0) is 4.74 Å². The Kier molecular flexibility index (Phi) is 2.84. The minimum Gasteiger partial charge on any atom is -0.464 e. The lowest BCUT2D eigenvalue weighted by atomic mass is 10.0. The van der Waals surface area contributed by atoms with E-state index in [4.69, 9.17) is 4.74 Å². The maximum atomic E-state index is 11.5. The lowest BCUT2D eigenvalue weighted by Gasteiger charge is -2.08. The lowest BCUT2D eigenvalue weighted by Crippen LogP contribution is -2.05. The average molecular weight is 229 g/mol. The Morgan fingerprint density at radius 2 is 1.82 bits per heavy atom. The first kappa shape index (κ1) is 11.6. The molecule has 0 saturated carbocycles. The van der Waals surface area contributed by atoms with Gasteiger partial charge in [0.25, 0.3) is 0 Å². The molecule has 1 aromatic carbocycles. The highest BCUT2D eigenvalue weighted by atomic mass is 16.5. The summed E-state index contributed by atoms with van der Waals surface area (Å²) < 4.78 is 4.70. The number of benzene rings is 1. The van der Waals surface area contributed by atoms with Crippen LogP contribution in [0.4, 0.5) is 0 Å². The number of rotatable bonds is 1. The van der Waals surface area contributed by atoms with E-state index in [1.807, 2.05) is 13.8 Å². The molecule has 0 bridgehead atoms. The Morgan fingerprint density at radius 3 is 2.47 bits per heavy atom. The molecule has 17 heavy (non-hydrogen) atoms. The zero-order chi connectivity index (χ0) is 12.6. The van der Waals surface area contributed by atoms with Gasteiger partial charge in [0.2, 0.25) is 0 Å². The molecule has 1 heterocycles. The standard InChI is InChI=1S/C14H15NO2/c1-8-5-10(3)13-11(6-8)9(2)7-12(15-13)14(16)17-4/h5-7H,1-4H3. The van der Waals surface area contributed by atoms with E-state index in [1.54, 1.807) is 6.07 Å². The maximum Gasteiger partial charge on any atom is 0.356 e. The van der Waals surface area contributed by atoms with Crippen molar-refractivity contribution in [2.45, 2.75) is 20.8 Å². The predicted octanol–water partition coefficient (Wildman–Crippen LogP) is 2.95.